The second-order valence-corrected chi connectivity index (χ2v) is 5.29. The molecule has 0 unspecified atom stereocenters. The van der Waals surface area contributed by atoms with Gasteiger partial charge in [-0.3, -0.25) is 4.90 Å². The molecule has 1 aromatic carbocycles. The van der Waals surface area contributed by atoms with Gasteiger partial charge < -0.3 is 0 Å². The molecule has 0 radical (unpaired) electrons. The van der Waals surface area contributed by atoms with Gasteiger partial charge in [0.2, 0.25) is 10.0 Å². The third-order valence-corrected chi connectivity index (χ3v) is 3.63. The van der Waals surface area contributed by atoms with Crippen LogP contribution in [0, 0.1) is 5.82 Å². The van der Waals surface area contributed by atoms with Crippen LogP contribution in [-0.4, -0.2) is 26.4 Å². The fourth-order valence-electron chi connectivity index (χ4n) is 1.64. The third-order valence-electron chi connectivity index (χ3n) is 2.62. The first-order valence-electron chi connectivity index (χ1n) is 5.42. The first kappa shape index (κ1) is 14.1. The highest BCUT2D eigenvalue weighted by molar-refractivity contribution is 7.89. The van der Waals surface area contributed by atoms with Crippen LogP contribution in [-0.2, 0) is 16.6 Å². The number of hydrogen-bond acceptors (Lipinski definition) is 3. The SMILES string of the molecule is CCN(CC)Cc1cc(F)ccc1S(N)(=O)=O. The van der Waals surface area contributed by atoms with Crippen molar-refractivity contribution in [2.24, 2.45) is 5.14 Å². The smallest absolute Gasteiger partial charge is 0.238 e. The van der Waals surface area contributed by atoms with Crippen LogP contribution in [0.3, 0.4) is 0 Å². The molecule has 1 rings (SSSR count). The van der Waals surface area contributed by atoms with Crippen LogP contribution < -0.4 is 5.14 Å². The highest BCUT2D eigenvalue weighted by Gasteiger charge is 2.16. The molecule has 0 saturated heterocycles. The van der Waals surface area contributed by atoms with Crippen LogP contribution in [0.4, 0.5) is 4.39 Å². The molecule has 4 nitrogen and oxygen atoms in total. The fourth-order valence-corrected chi connectivity index (χ4v) is 2.38. The summed E-state index contributed by atoms with van der Waals surface area (Å²) in [6, 6.07) is 3.53. The van der Waals surface area contributed by atoms with E-state index in [0.717, 1.165) is 19.2 Å². The van der Waals surface area contributed by atoms with E-state index in [1.165, 1.54) is 12.1 Å². The van der Waals surface area contributed by atoms with Crippen molar-refractivity contribution in [3.05, 3.63) is 29.6 Å². The molecule has 17 heavy (non-hydrogen) atoms. The zero-order chi connectivity index (χ0) is 13.1. The Morgan fingerprint density at radius 2 is 1.88 bits per heavy atom. The van der Waals surface area contributed by atoms with Crippen molar-refractivity contribution in [3.8, 4) is 0 Å². The Bertz CT molecular complexity index is 484. The molecular weight excluding hydrogens is 243 g/mol. The van der Waals surface area contributed by atoms with Crippen LogP contribution in [0.1, 0.15) is 19.4 Å². The van der Waals surface area contributed by atoms with Crippen LogP contribution in [0.25, 0.3) is 0 Å². The van der Waals surface area contributed by atoms with E-state index < -0.39 is 15.8 Å². The number of primary sulfonamides is 1. The van der Waals surface area contributed by atoms with Crippen LogP contribution in [0.2, 0.25) is 0 Å². The Hall–Kier alpha value is -0.980. The molecule has 6 heteroatoms. The molecule has 0 aliphatic heterocycles. The van der Waals surface area contributed by atoms with E-state index in [2.05, 4.69) is 0 Å². The maximum absolute atomic E-state index is 13.1. The zero-order valence-corrected chi connectivity index (χ0v) is 10.8. The molecule has 0 heterocycles. The Labute approximate surface area is 101 Å². The molecule has 2 N–H and O–H groups in total. The predicted molar refractivity (Wildman–Crippen MR) is 64.4 cm³/mol. The summed E-state index contributed by atoms with van der Waals surface area (Å²) in [5, 5.41) is 5.10. The number of nitrogens with two attached hydrogens (primary N) is 1. The van der Waals surface area contributed by atoms with Crippen LogP contribution in [0.15, 0.2) is 23.1 Å². The minimum absolute atomic E-state index is 0.00852. The van der Waals surface area contributed by atoms with Gasteiger partial charge in [0, 0.05) is 6.54 Å². The van der Waals surface area contributed by atoms with Crippen molar-refractivity contribution in [2.45, 2.75) is 25.3 Å². The van der Waals surface area contributed by atoms with Gasteiger partial charge in [-0.1, -0.05) is 13.8 Å². The van der Waals surface area contributed by atoms with Gasteiger partial charge in [-0.2, -0.15) is 0 Å². The maximum Gasteiger partial charge on any atom is 0.238 e. The van der Waals surface area contributed by atoms with Crippen molar-refractivity contribution >= 4 is 10.0 Å². The van der Waals surface area contributed by atoms with E-state index >= 15 is 0 Å². The molecular formula is C11H17FN2O2S. The zero-order valence-electron chi connectivity index (χ0n) is 9.98. The van der Waals surface area contributed by atoms with Crippen molar-refractivity contribution in [2.75, 3.05) is 13.1 Å². The van der Waals surface area contributed by atoms with Crippen molar-refractivity contribution in [1.29, 1.82) is 0 Å². The third kappa shape index (κ3) is 3.76. The summed E-state index contributed by atoms with van der Waals surface area (Å²) in [6.07, 6.45) is 0. The van der Waals surface area contributed by atoms with E-state index in [1.54, 1.807) is 0 Å². The number of halogens is 1. The number of nitrogens with zero attached hydrogens (tertiary/aromatic N) is 1. The largest absolute Gasteiger partial charge is 0.300 e. The molecule has 0 atom stereocenters. The van der Waals surface area contributed by atoms with E-state index in [-0.39, 0.29) is 4.90 Å². The first-order valence-corrected chi connectivity index (χ1v) is 6.96. The minimum atomic E-state index is -3.81. The first-order chi connectivity index (χ1) is 7.88. The predicted octanol–water partition coefficient (Wildman–Crippen LogP) is 1.31. The van der Waals surface area contributed by atoms with Gasteiger partial charge in [-0.05, 0) is 36.9 Å². The number of rotatable bonds is 5. The molecule has 0 amide bonds. The number of sulfonamides is 1. The van der Waals surface area contributed by atoms with Crippen LogP contribution in [0.5, 0.6) is 0 Å². The average Bonchev–Trinajstić information content (AvgIpc) is 2.24. The van der Waals surface area contributed by atoms with Crippen molar-refractivity contribution in [3.63, 3.8) is 0 Å². The molecule has 0 saturated carbocycles. The lowest BCUT2D eigenvalue weighted by atomic mass is 10.2. The molecule has 0 aliphatic carbocycles. The average molecular weight is 260 g/mol. The van der Waals surface area contributed by atoms with E-state index in [9.17, 15) is 12.8 Å². The monoisotopic (exact) mass is 260 g/mol. The Balaban J connectivity index is 3.16. The standard InChI is InChI=1S/C11H17FN2O2S/c1-3-14(4-2)8-9-7-10(12)5-6-11(9)17(13,15)16/h5-7H,3-4,8H2,1-2H3,(H2,13,15,16). The van der Waals surface area contributed by atoms with Gasteiger partial charge in [0.05, 0.1) is 4.90 Å². The Kier molecular flexibility index (Phi) is 4.62. The molecule has 96 valence electrons. The Morgan fingerprint density at radius 3 is 2.35 bits per heavy atom. The second kappa shape index (κ2) is 5.57. The van der Waals surface area contributed by atoms with Gasteiger partial charge in [-0.25, -0.2) is 17.9 Å². The Morgan fingerprint density at radius 1 is 1.29 bits per heavy atom. The molecule has 0 aliphatic rings. The van der Waals surface area contributed by atoms with E-state index in [4.69, 9.17) is 5.14 Å². The molecule has 0 spiro atoms. The maximum atomic E-state index is 13.1. The summed E-state index contributed by atoms with van der Waals surface area (Å²) < 4.78 is 35.9. The summed E-state index contributed by atoms with van der Waals surface area (Å²) in [4.78, 5) is 1.98. The lowest BCUT2D eigenvalue weighted by Gasteiger charge is -2.19. The molecule has 0 bridgehead atoms. The van der Waals surface area contributed by atoms with Gasteiger partial charge in [0.25, 0.3) is 0 Å². The van der Waals surface area contributed by atoms with Gasteiger partial charge in [0.15, 0.2) is 0 Å². The van der Waals surface area contributed by atoms with Gasteiger partial charge >= 0.3 is 0 Å². The highest BCUT2D eigenvalue weighted by atomic mass is 32.2. The normalized spacial score (nSPS) is 12.1. The molecule has 0 aromatic heterocycles. The van der Waals surface area contributed by atoms with Crippen molar-refractivity contribution in [1.82, 2.24) is 4.90 Å². The molecule has 0 fully saturated rings. The number of benzene rings is 1. The summed E-state index contributed by atoms with van der Waals surface area (Å²) in [6.45, 7) is 5.81. The quantitative estimate of drug-likeness (QED) is 0.868. The summed E-state index contributed by atoms with van der Waals surface area (Å²) in [7, 11) is -3.81. The van der Waals surface area contributed by atoms with Crippen molar-refractivity contribution < 1.29 is 12.8 Å². The topological polar surface area (TPSA) is 63.4 Å². The summed E-state index contributed by atoms with van der Waals surface area (Å²) >= 11 is 0. The minimum Gasteiger partial charge on any atom is -0.300 e. The van der Waals surface area contributed by atoms with Crippen LogP contribution >= 0.6 is 0 Å². The molecule has 1 aromatic rings. The van der Waals surface area contributed by atoms with E-state index in [1.807, 2.05) is 18.7 Å². The van der Waals surface area contributed by atoms with Gasteiger partial charge in [0.1, 0.15) is 5.82 Å². The second-order valence-electron chi connectivity index (χ2n) is 3.76. The van der Waals surface area contributed by atoms with Gasteiger partial charge in [-0.15, -0.1) is 0 Å². The van der Waals surface area contributed by atoms with E-state index in [0.29, 0.717) is 12.1 Å². The lowest BCUT2D eigenvalue weighted by Crippen LogP contribution is -2.24. The number of hydrogen-bond donors (Lipinski definition) is 1. The highest BCUT2D eigenvalue weighted by Crippen LogP contribution is 2.17. The fraction of sp³-hybridized carbons (Fsp3) is 0.455. The summed E-state index contributed by atoms with van der Waals surface area (Å²) in [5.41, 5.74) is 0.399. The lowest BCUT2D eigenvalue weighted by molar-refractivity contribution is 0.293. The summed E-state index contributed by atoms with van der Waals surface area (Å²) in [5.74, 6) is -0.459.